The van der Waals surface area contributed by atoms with Crippen LogP contribution in [-0.4, -0.2) is 22.1 Å². The maximum atomic E-state index is 11.2. The lowest BCUT2D eigenvalue weighted by Gasteiger charge is -2.28. The molecule has 1 amide bonds. The van der Waals surface area contributed by atoms with Crippen LogP contribution in [-0.2, 0) is 0 Å². The minimum absolute atomic E-state index is 0.00458. The Morgan fingerprint density at radius 3 is 2.88 bits per heavy atom. The number of hydrogen-bond acceptors (Lipinski definition) is 3. The summed E-state index contributed by atoms with van der Waals surface area (Å²) in [6, 6.07) is 3.62. The van der Waals surface area contributed by atoms with Crippen LogP contribution in [0.1, 0.15) is 47.7 Å². The van der Waals surface area contributed by atoms with Gasteiger partial charge in [-0.15, -0.1) is 0 Å². The Bertz CT molecular complexity index is 392. The molecule has 0 aromatic carbocycles. The van der Waals surface area contributed by atoms with Crippen molar-refractivity contribution in [2.75, 3.05) is 0 Å². The van der Waals surface area contributed by atoms with Gasteiger partial charge in [0.2, 0.25) is 0 Å². The second-order valence-electron chi connectivity index (χ2n) is 4.26. The zero-order chi connectivity index (χ0) is 11.5. The molecular weight excluding hydrogens is 204 g/mol. The van der Waals surface area contributed by atoms with Crippen LogP contribution in [0, 0.1) is 0 Å². The van der Waals surface area contributed by atoms with Crippen molar-refractivity contribution in [1.29, 1.82) is 0 Å². The van der Waals surface area contributed by atoms with Gasteiger partial charge in [-0.05, 0) is 24.5 Å². The lowest BCUT2D eigenvalue weighted by atomic mass is 9.81. The predicted octanol–water partition coefficient (Wildman–Crippen LogP) is 1.20. The lowest BCUT2D eigenvalue weighted by Crippen LogP contribution is -2.26. The molecule has 1 aliphatic carbocycles. The minimum atomic E-state index is -0.520. The summed E-state index contributed by atoms with van der Waals surface area (Å²) in [5.74, 6) is -0.515. The van der Waals surface area contributed by atoms with Crippen molar-refractivity contribution in [2.24, 2.45) is 5.73 Å². The van der Waals surface area contributed by atoms with E-state index in [0.29, 0.717) is 5.69 Å². The van der Waals surface area contributed by atoms with E-state index >= 15 is 0 Å². The third-order valence-electron chi connectivity index (χ3n) is 3.20. The molecule has 1 fully saturated rings. The van der Waals surface area contributed by atoms with Gasteiger partial charge in [0.15, 0.2) is 0 Å². The first kappa shape index (κ1) is 11.1. The molecule has 4 nitrogen and oxygen atoms in total. The largest absolute Gasteiger partial charge is 0.392 e. The maximum Gasteiger partial charge on any atom is 0.267 e. The molecule has 0 saturated heterocycles. The first-order chi connectivity index (χ1) is 7.70. The van der Waals surface area contributed by atoms with Crippen molar-refractivity contribution in [2.45, 2.75) is 37.7 Å². The molecular formula is C12H16N2O2. The Balaban J connectivity index is 2.34. The monoisotopic (exact) mass is 220 g/mol. The van der Waals surface area contributed by atoms with Gasteiger partial charge in [-0.1, -0.05) is 18.9 Å². The molecule has 0 aliphatic heterocycles. The van der Waals surface area contributed by atoms with Gasteiger partial charge in [0.1, 0.15) is 5.69 Å². The van der Waals surface area contributed by atoms with E-state index in [4.69, 9.17) is 5.73 Å². The molecule has 0 unspecified atom stereocenters. The molecule has 1 aromatic rings. The van der Waals surface area contributed by atoms with Crippen molar-refractivity contribution >= 4 is 5.91 Å². The standard InChI is InChI=1S/C12H16N2O2/c13-12(16)11-9(5-3-7-14-11)8-4-1-2-6-10(8)15/h3,5,7-8,10,15H,1-2,4,6H2,(H2,13,16)/t8-,10-/m0/s1. The van der Waals surface area contributed by atoms with E-state index in [1.807, 2.05) is 6.07 Å². The van der Waals surface area contributed by atoms with E-state index in [1.54, 1.807) is 12.3 Å². The number of carbonyl (C=O) groups excluding carboxylic acids is 1. The smallest absolute Gasteiger partial charge is 0.267 e. The van der Waals surface area contributed by atoms with Crippen molar-refractivity contribution in [3.63, 3.8) is 0 Å². The average molecular weight is 220 g/mol. The summed E-state index contributed by atoms with van der Waals surface area (Å²) in [4.78, 5) is 15.3. The fourth-order valence-electron chi connectivity index (χ4n) is 2.40. The topological polar surface area (TPSA) is 76.2 Å². The van der Waals surface area contributed by atoms with Gasteiger partial charge in [0, 0.05) is 12.1 Å². The molecule has 2 atom stereocenters. The molecule has 0 spiro atoms. The minimum Gasteiger partial charge on any atom is -0.392 e. The van der Waals surface area contributed by atoms with E-state index in [2.05, 4.69) is 4.98 Å². The number of hydrogen-bond donors (Lipinski definition) is 2. The molecule has 4 heteroatoms. The summed E-state index contributed by atoms with van der Waals surface area (Å²) in [6.45, 7) is 0. The fourth-order valence-corrected chi connectivity index (χ4v) is 2.40. The number of aliphatic hydroxyl groups excluding tert-OH is 1. The fraction of sp³-hybridized carbons (Fsp3) is 0.500. The molecule has 1 heterocycles. The highest BCUT2D eigenvalue weighted by atomic mass is 16.3. The second kappa shape index (κ2) is 4.61. The van der Waals surface area contributed by atoms with Crippen LogP contribution in [0.2, 0.25) is 0 Å². The third-order valence-corrected chi connectivity index (χ3v) is 3.20. The SMILES string of the molecule is NC(=O)c1ncccc1[C@@H]1CCCC[C@@H]1O. The number of amides is 1. The highest BCUT2D eigenvalue weighted by Crippen LogP contribution is 2.33. The normalized spacial score (nSPS) is 25.3. The molecule has 0 radical (unpaired) electrons. The second-order valence-corrected chi connectivity index (χ2v) is 4.26. The van der Waals surface area contributed by atoms with Gasteiger partial charge in [0.05, 0.1) is 6.10 Å². The number of pyridine rings is 1. The van der Waals surface area contributed by atoms with Crippen LogP contribution in [0.3, 0.4) is 0 Å². The number of nitrogens with zero attached hydrogens (tertiary/aromatic N) is 1. The van der Waals surface area contributed by atoms with Crippen molar-refractivity contribution < 1.29 is 9.90 Å². The molecule has 86 valence electrons. The number of nitrogens with two attached hydrogens (primary N) is 1. The molecule has 1 aliphatic rings. The van der Waals surface area contributed by atoms with Crippen molar-refractivity contribution in [3.8, 4) is 0 Å². The predicted molar refractivity (Wildman–Crippen MR) is 60.0 cm³/mol. The summed E-state index contributed by atoms with van der Waals surface area (Å²) in [6.07, 6.45) is 4.98. The maximum absolute atomic E-state index is 11.2. The van der Waals surface area contributed by atoms with Crippen LogP contribution < -0.4 is 5.73 Å². The van der Waals surface area contributed by atoms with Crippen LogP contribution >= 0.6 is 0 Å². The summed E-state index contributed by atoms with van der Waals surface area (Å²) in [5, 5.41) is 9.95. The molecule has 1 aromatic heterocycles. The van der Waals surface area contributed by atoms with Gasteiger partial charge in [0.25, 0.3) is 5.91 Å². The van der Waals surface area contributed by atoms with Crippen LogP contribution in [0.5, 0.6) is 0 Å². The first-order valence-electron chi connectivity index (χ1n) is 5.63. The molecule has 2 rings (SSSR count). The van der Waals surface area contributed by atoms with Crippen LogP contribution in [0.25, 0.3) is 0 Å². The van der Waals surface area contributed by atoms with Gasteiger partial charge in [-0.2, -0.15) is 0 Å². The summed E-state index contributed by atoms with van der Waals surface area (Å²) >= 11 is 0. The Kier molecular flexibility index (Phi) is 3.19. The highest BCUT2D eigenvalue weighted by Gasteiger charge is 2.27. The zero-order valence-corrected chi connectivity index (χ0v) is 9.10. The summed E-state index contributed by atoms with van der Waals surface area (Å²) < 4.78 is 0. The number of rotatable bonds is 2. The zero-order valence-electron chi connectivity index (χ0n) is 9.10. The number of aliphatic hydroxyl groups is 1. The van der Waals surface area contributed by atoms with Crippen molar-refractivity contribution in [1.82, 2.24) is 4.98 Å². The van der Waals surface area contributed by atoms with Gasteiger partial charge < -0.3 is 10.8 Å². The summed E-state index contributed by atoms with van der Waals surface area (Å²) in [5.41, 5.74) is 6.38. The number of carbonyl (C=O) groups is 1. The van der Waals surface area contributed by atoms with E-state index in [-0.39, 0.29) is 12.0 Å². The number of primary amides is 1. The van der Waals surface area contributed by atoms with Gasteiger partial charge in [-0.3, -0.25) is 9.78 Å². The number of aromatic nitrogens is 1. The van der Waals surface area contributed by atoms with E-state index in [9.17, 15) is 9.90 Å². The average Bonchev–Trinajstić information content (AvgIpc) is 2.29. The molecule has 0 bridgehead atoms. The molecule has 16 heavy (non-hydrogen) atoms. The first-order valence-corrected chi connectivity index (χ1v) is 5.63. The highest BCUT2D eigenvalue weighted by molar-refractivity contribution is 5.92. The van der Waals surface area contributed by atoms with E-state index in [1.165, 1.54) is 0 Å². The summed E-state index contributed by atoms with van der Waals surface area (Å²) in [7, 11) is 0. The lowest BCUT2D eigenvalue weighted by molar-refractivity contribution is 0.0972. The third kappa shape index (κ3) is 2.07. The molecule has 1 saturated carbocycles. The Hall–Kier alpha value is -1.42. The van der Waals surface area contributed by atoms with Crippen LogP contribution in [0.4, 0.5) is 0 Å². The molecule has 3 N–H and O–H groups in total. The van der Waals surface area contributed by atoms with Gasteiger partial charge in [-0.25, -0.2) is 0 Å². The van der Waals surface area contributed by atoms with E-state index < -0.39 is 5.91 Å². The van der Waals surface area contributed by atoms with Gasteiger partial charge >= 0.3 is 0 Å². The Morgan fingerprint density at radius 1 is 1.44 bits per heavy atom. The Morgan fingerprint density at radius 2 is 2.19 bits per heavy atom. The van der Waals surface area contributed by atoms with Crippen LogP contribution in [0.15, 0.2) is 18.3 Å². The van der Waals surface area contributed by atoms with Crippen molar-refractivity contribution in [3.05, 3.63) is 29.6 Å². The Labute approximate surface area is 94.5 Å². The van der Waals surface area contributed by atoms with E-state index in [0.717, 1.165) is 31.2 Å². The quantitative estimate of drug-likeness (QED) is 0.786.